The van der Waals surface area contributed by atoms with Gasteiger partial charge in [0.1, 0.15) is 5.82 Å². The van der Waals surface area contributed by atoms with Crippen LogP contribution in [0, 0.1) is 5.82 Å². The molecule has 0 aliphatic rings. The van der Waals surface area contributed by atoms with Gasteiger partial charge in [0.2, 0.25) is 5.82 Å². The summed E-state index contributed by atoms with van der Waals surface area (Å²) in [5.74, 6) is -1.52. The summed E-state index contributed by atoms with van der Waals surface area (Å²) in [5.41, 5.74) is 1.06. The number of fused-ring (bicyclic) bond motifs is 1. The number of halogens is 4. The summed E-state index contributed by atoms with van der Waals surface area (Å²) in [7, 11) is 3.17. The number of nitrogens with zero attached hydrogens (tertiary/aromatic N) is 5. The zero-order chi connectivity index (χ0) is 17.5. The first-order chi connectivity index (χ1) is 11.3. The number of alkyl halides is 3. The van der Waals surface area contributed by atoms with E-state index >= 15 is 0 Å². The number of benzene rings is 1. The minimum atomic E-state index is -4.66. The SMILES string of the molecule is CN(C)c1nc(C(F)(F)F)nc2c1ncn2Cc1ccc(F)cc1. The molecule has 126 valence electrons. The quantitative estimate of drug-likeness (QED) is 0.688. The van der Waals surface area contributed by atoms with E-state index in [0.29, 0.717) is 5.56 Å². The van der Waals surface area contributed by atoms with Crippen LogP contribution in [0.25, 0.3) is 11.2 Å². The molecule has 2 heterocycles. The second kappa shape index (κ2) is 5.73. The van der Waals surface area contributed by atoms with E-state index in [0.717, 1.165) is 0 Å². The van der Waals surface area contributed by atoms with Crippen LogP contribution in [0.2, 0.25) is 0 Å². The highest BCUT2D eigenvalue weighted by Crippen LogP contribution is 2.30. The van der Waals surface area contributed by atoms with Crippen molar-refractivity contribution in [3.8, 4) is 0 Å². The van der Waals surface area contributed by atoms with Gasteiger partial charge in [-0.3, -0.25) is 0 Å². The molecular formula is C15H13F4N5. The minimum Gasteiger partial charge on any atom is -0.361 e. The fraction of sp³-hybridized carbons (Fsp3) is 0.267. The summed E-state index contributed by atoms with van der Waals surface area (Å²) in [4.78, 5) is 12.8. The number of anilines is 1. The predicted molar refractivity (Wildman–Crippen MR) is 80.2 cm³/mol. The molecule has 0 aliphatic carbocycles. The number of hydrogen-bond donors (Lipinski definition) is 0. The molecule has 0 radical (unpaired) electrons. The van der Waals surface area contributed by atoms with Gasteiger partial charge in [-0.05, 0) is 17.7 Å². The zero-order valence-corrected chi connectivity index (χ0v) is 12.8. The van der Waals surface area contributed by atoms with E-state index in [1.807, 2.05) is 0 Å². The number of hydrogen-bond acceptors (Lipinski definition) is 4. The van der Waals surface area contributed by atoms with Gasteiger partial charge >= 0.3 is 6.18 Å². The normalized spacial score (nSPS) is 11.9. The Morgan fingerprint density at radius 2 is 1.75 bits per heavy atom. The summed E-state index contributed by atoms with van der Waals surface area (Å²) < 4.78 is 53.6. The lowest BCUT2D eigenvalue weighted by atomic mass is 10.2. The molecule has 2 aromatic heterocycles. The smallest absolute Gasteiger partial charge is 0.361 e. The summed E-state index contributed by atoms with van der Waals surface area (Å²) >= 11 is 0. The standard InChI is InChI=1S/C15H13F4N5/c1-23(2)12-11-13(22-14(21-12)15(17,18)19)24(8-20-11)7-9-3-5-10(16)6-4-9/h3-6,8H,7H2,1-2H3. The largest absolute Gasteiger partial charge is 0.451 e. The predicted octanol–water partition coefficient (Wildman–Crippen LogP) is 3.10. The van der Waals surface area contributed by atoms with Crippen LogP contribution in [0.4, 0.5) is 23.4 Å². The van der Waals surface area contributed by atoms with Crippen molar-refractivity contribution in [1.82, 2.24) is 19.5 Å². The molecule has 3 aromatic rings. The van der Waals surface area contributed by atoms with Crippen molar-refractivity contribution in [2.75, 3.05) is 19.0 Å². The molecule has 0 amide bonds. The Morgan fingerprint density at radius 1 is 1.08 bits per heavy atom. The lowest BCUT2D eigenvalue weighted by molar-refractivity contribution is -0.144. The Morgan fingerprint density at radius 3 is 2.33 bits per heavy atom. The van der Waals surface area contributed by atoms with Crippen LogP contribution in [-0.2, 0) is 12.7 Å². The summed E-state index contributed by atoms with van der Waals surface area (Å²) in [6, 6.07) is 5.69. The van der Waals surface area contributed by atoms with Gasteiger partial charge in [-0.2, -0.15) is 13.2 Å². The molecule has 0 saturated carbocycles. The van der Waals surface area contributed by atoms with Crippen molar-refractivity contribution in [3.63, 3.8) is 0 Å². The monoisotopic (exact) mass is 339 g/mol. The third-order valence-electron chi connectivity index (χ3n) is 3.39. The molecule has 0 bridgehead atoms. The Hall–Kier alpha value is -2.71. The molecule has 0 spiro atoms. The average Bonchev–Trinajstić information content (AvgIpc) is 2.90. The Kier molecular flexibility index (Phi) is 3.86. The van der Waals surface area contributed by atoms with Gasteiger partial charge in [-0.25, -0.2) is 19.3 Å². The van der Waals surface area contributed by atoms with E-state index in [9.17, 15) is 17.6 Å². The van der Waals surface area contributed by atoms with Gasteiger partial charge in [-0.1, -0.05) is 12.1 Å². The molecule has 1 aromatic carbocycles. The fourth-order valence-electron chi connectivity index (χ4n) is 2.27. The third kappa shape index (κ3) is 3.01. The van der Waals surface area contributed by atoms with Crippen LogP contribution in [0.15, 0.2) is 30.6 Å². The molecule has 3 rings (SSSR count). The lowest BCUT2D eigenvalue weighted by Gasteiger charge is -2.14. The second-order valence-electron chi connectivity index (χ2n) is 5.43. The molecule has 9 heteroatoms. The molecule has 0 aliphatic heterocycles. The second-order valence-corrected chi connectivity index (χ2v) is 5.43. The maximum atomic E-state index is 13.1. The van der Waals surface area contributed by atoms with E-state index in [4.69, 9.17) is 0 Å². The molecular weight excluding hydrogens is 326 g/mol. The van der Waals surface area contributed by atoms with Crippen LogP contribution in [-0.4, -0.2) is 33.6 Å². The van der Waals surface area contributed by atoms with Gasteiger partial charge in [0.15, 0.2) is 17.0 Å². The number of imidazole rings is 1. The van der Waals surface area contributed by atoms with E-state index in [1.165, 1.54) is 27.9 Å². The van der Waals surface area contributed by atoms with Gasteiger partial charge in [0.25, 0.3) is 0 Å². The lowest BCUT2D eigenvalue weighted by Crippen LogP contribution is -2.18. The maximum absolute atomic E-state index is 13.1. The first kappa shape index (κ1) is 16.2. The van der Waals surface area contributed by atoms with Crippen molar-refractivity contribution >= 4 is 17.0 Å². The van der Waals surface area contributed by atoms with Crippen LogP contribution in [0.5, 0.6) is 0 Å². The summed E-state index contributed by atoms with van der Waals surface area (Å²) in [6.45, 7) is 0.220. The van der Waals surface area contributed by atoms with Crippen LogP contribution in [0.1, 0.15) is 11.4 Å². The highest BCUT2D eigenvalue weighted by atomic mass is 19.4. The fourth-order valence-corrected chi connectivity index (χ4v) is 2.27. The number of rotatable bonds is 3. The minimum absolute atomic E-state index is 0.0744. The van der Waals surface area contributed by atoms with Crippen molar-refractivity contribution in [2.45, 2.75) is 12.7 Å². The van der Waals surface area contributed by atoms with E-state index in [-0.39, 0.29) is 29.3 Å². The van der Waals surface area contributed by atoms with Gasteiger partial charge in [0.05, 0.1) is 12.9 Å². The van der Waals surface area contributed by atoms with Crippen molar-refractivity contribution in [3.05, 3.63) is 47.8 Å². The van der Waals surface area contributed by atoms with E-state index in [2.05, 4.69) is 15.0 Å². The van der Waals surface area contributed by atoms with Crippen LogP contribution in [0.3, 0.4) is 0 Å². The maximum Gasteiger partial charge on any atom is 0.451 e. The first-order valence-electron chi connectivity index (χ1n) is 6.97. The molecule has 0 saturated heterocycles. The van der Waals surface area contributed by atoms with Crippen molar-refractivity contribution < 1.29 is 17.6 Å². The van der Waals surface area contributed by atoms with Crippen molar-refractivity contribution in [1.29, 1.82) is 0 Å². The molecule has 0 atom stereocenters. The zero-order valence-electron chi connectivity index (χ0n) is 12.8. The average molecular weight is 339 g/mol. The molecule has 0 unspecified atom stereocenters. The summed E-state index contributed by atoms with van der Waals surface area (Å²) in [5, 5.41) is 0. The van der Waals surface area contributed by atoms with Crippen molar-refractivity contribution in [2.24, 2.45) is 0 Å². The van der Waals surface area contributed by atoms with E-state index in [1.54, 1.807) is 26.2 Å². The highest BCUT2D eigenvalue weighted by molar-refractivity contribution is 5.83. The molecule has 5 nitrogen and oxygen atoms in total. The topological polar surface area (TPSA) is 46.8 Å². The molecule has 0 N–H and O–H groups in total. The van der Waals surface area contributed by atoms with Gasteiger partial charge < -0.3 is 9.47 Å². The van der Waals surface area contributed by atoms with Gasteiger partial charge in [-0.15, -0.1) is 0 Å². The summed E-state index contributed by atoms with van der Waals surface area (Å²) in [6.07, 6.45) is -3.26. The first-order valence-corrected chi connectivity index (χ1v) is 6.97. The Labute approximate surface area is 134 Å². The van der Waals surface area contributed by atoms with Gasteiger partial charge in [0, 0.05) is 14.1 Å². The third-order valence-corrected chi connectivity index (χ3v) is 3.39. The van der Waals surface area contributed by atoms with Crippen LogP contribution < -0.4 is 4.90 Å². The molecule has 0 fully saturated rings. The highest BCUT2D eigenvalue weighted by Gasteiger charge is 2.36. The van der Waals surface area contributed by atoms with Crippen LogP contribution >= 0.6 is 0 Å². The molecule has 24 heavy (non-hydrogen) atoms. The Balaban J connectivity index is 2.12. The van der Waals surface area contributed by atoms with E-state index < -0.39 is 12.0 Å². The number of aromatic nitrogens is 4. The Bertz CT molecular complexity index is 868.